The van der Waals surface area contributed by atoms with Gasteiger partial charge in [-0.2, -0.15) is 10.2 Å². The molecule has 3 aromatic heterocycles. The third kappa shape index (κ3) is 1.80. The SMILES string of the molecule is COC(=O)c1cnn2cc(-c3cnn(C)c3)cc(O)c12. The van der Waals surface area contributed by atoms with Crippen LogP contribution in [0.15, 0.2) is 30.9 Å². The van der Waals surface area contributed by atoms with Gasteiger partial charge in [-0.1, -0.05) is 0 Å². The van der Waals surface area contributed by atoms with Gasteiger partial charge in [0.05, 0.1) is 19.5 Å². The Kier molecular flexibility index (Phi) is 2.67. The summed E-state index contributed by atoms with van der Waals surface area (Å²) in [4.78, 5) is 11.6. The molecule has 0 unspecified atom stereocenters. The van der Waals surface area contributed by atoms with E-state index in [1.807, 2.05) is 13.2 Å². The van der Waals surface area contributed by atoms with Crippen LogP contribution < -0.4 is 0 Å². The van der Waals surface area contributed by atoms with Gasteiger partial charge in [-0.25, -0.2) is 9.31 Å². The predicted octanol–water partition coefficient (Wildman–Crippen LogP) is 1.23. The fourth-order valence-corrected chi connectivity index (χ4v) is 2.09. The van der Waals surface area contributed by atoms with Crippen LogP contribution in [0.4, 0.5) is 0 Å². The lowest BCUT2D eigenvalue weighted by molar-refractivity contribution is 0.0602. The van der Waals surface area contributed by atoms with E-state index in [4.69, 9.17) is 0 Å². The lowest BCUT2D eigenvalue weighted by atomic mass is 10.1. The highest BCUT2D eigenvalue weighted by atomic mass is 16.5. The highest BCUT2D eigenvalue weighted by Crippen LogP contribution is 2.29. The molecule has 0 saturated heterocycles. The minimum atomic E-state index is -0.538. The van der Waals surface area contributed by atoms with Crippen molar-refractivity contribution < 1.29 is 14.6 Å². The molecule has 0 aliphatic carbocycles. The molecule has 0 radical (unpaired) electrons. The Morgan fingerprint density at radius 2 is 2.05 bits per heavy atom. The van der Waals surface area contributed by atoms with Crippen LogP contribution in [-0.4, -0.2) is 37.6 Å². The zero-order chi connectivity index (χ0) is 14.3. The van der Waals surface area contributed by atoms with Crippen molar-refractivity contribution in [3.63, 3.8) is 0 Å². The van der Waals surface area contributed by atoms with Crippen molar-refractivity contribution in [3.8, 4) is 16.9 Å². The topological polar surface area (TPSA) is 81.6 Å². The first-order chi connectivity index (χ1) is 9.60. The number of nitrogens with zero attached hydrogens (tertiary/aromatic N) is 4. The van der Waals surface area contributed by atoms with Crippen LogP contribution in [0.5, 0.6) is 5.75 Å². The molecule has 0 amide bonds. The number of aromatic nitrogens is 4. The zero-order valence-corrected chi connectivity index (χ0v) is 10.9. The number of aromatic hydroxyl groups is 1. The molecule has 0 aliphatic heterocycles. The summed E-state index contributed by atoms with van der Waals surface area (Å²) in [5.41, 5.74) is 2.15. The summed E-state index contributed by atoms with van der Waals surface area (Å²) in [7, 11) is 3.10. The van der Waals surface area contributed by atoms with Gasteiger partial charge in [0.15, 0.2) is 0 Å². The molecule has 102 valence electrons. The summed E-state index contributed by atoms with van der Waals surface area (Å²) >= 11 is 0. The van der Waals surface area contributed by atoms with Crippen molar-refractivity contribution in [1.82, 2.24) is 19.4 Å². The smallest absolute Gasteiger partial charge is 0.341 e. The van der Waals surface area contributed by atoms with Gasteiger partial charge in [-0.3, -0.25) is 4.68 Å². The summed E-state index contributed by atoms with van der Waals surface area (Å²) in [6, 6.07) is 1.57. The predicted molar refractivity (Wildman–Crippen MR) is 70.4 cm³/mol. The van der Waals surface area contributed by atoms with Crippen molar-refractivity contribution in [2.24, 2.45) is 7.05 Å². The molecule has 0 aliphatic rings. The van der Waals surface area contributed by atoms with Crippen molar-refractivity contribution in [2.45, 2.75) is 0 Å². The minimum absolute atomic E-state index is 0.0377. The number of carbonyl (C=O) groups is 1. The summed E-state index contributed by atoms with van der Waals surface area (Å²) in [5.74, 6) is -0.575. The summed E-state index contributed by atoms with van der Waals surface area (Å²) in [6.07, 6.45) is 6.60. The fraction of sp³-hybridized carbons (Fsp3) is 0.154. The first-order valence-corrected chi connectivity index (χ1v) is 5.88. The molecule has 0 aromatic carbocycles. The van der Waals surface area contributed by atoms with Crippen LogP contribution >= 0.6 is 0 Å². The molecule has 7 heteroatoms. The Bertz CT molecular complexity index is 803. The van der Waals surface area contributed by atoms with Gasteiger partial charge in [-0.05, 0) is 6.07 Å². The fourth-order valence-electron chi connectivity index (χ4n) is 2.09. The molecule has 0 atom stereocenters. The minimum Gasteiger partial charge on any atom is -0.506 e. The van der Waals surface area contributed by atoms with E-state index >= 15 is 0 Å². The average molecular weight is 272 g/mol. The van der Waals surface area contributed by atoms with Gasteiger partial charge < -0.3 is 9.84 Å². The molecular formula is C13H12N4O3. The van der Waals surface area contributed by atoms with Gasteiger partial charge in [0, 0.05) is 30.6 Å². The average Bonchev–Trinajstić information content (AvgIpc) is 3.04. The van der Waals surface area contributed by atoms with E-state index in [0.29, 0.717) is 5.52 Å². The second-order valence-electron chi connectivity index (χ2n) is 4.36. The lowest BCUT2D eigenvalue weighted by Crippen LogP contribution is -2.00. The molecule has 0 saturated carbocycles. The molecule has 7 nitrogen and oxygen atoms in total. The first-order valence-electron chi connectivity index (χ1n) is 5.88. The maximum atomic E-state index is 11.6. The lowest BCUT2D eigenvalue weighted by Gasteiger charge is -2.03. The van der Waals surface area contributed by atoms with Gasteiger partial charge in [-0.15, -0.1) is 0 Å². The zero-order valence-electron chi connectivity index (χ0n) is 10.9. The van der Waals surface area contributed by atoms with Crippen molar-refractivity contribution in [3.05, 3.63) is 36.4 Å². The number of ether oxygens (including phenoxy) is 1. The van der Waals surface area contributed by atoms with Crippen LogP contribution in [0, 0.1) is 0 Å². The van der Waals surface area contributed by atoms with Gasteiger partial charge >= 0.3 is 5.97 Å². The van der Waals surface area contributed by atoms with Crippen LogP contribution in [-0.2, 0) is 11.8 Å². The Morgan fingerprint density at radius 3 is 2.70 bits per heavy atom. The quantitative estimate of drug-likeness (QED) is 0.709. The highest BCUT2D eigenvalue weighted by Gasteiger charge is 2.17. The molecule has 3 aromatic rings. The Hall–Kier alpha value is -2.83. The molecular weight excluding hydrogens is 260 g/mol. The molecule has 0 fully saturated rings. The van der Waals surface area contributed by atoms with Crippen LogP contribution in [0.2, 0.25) is 0 Å². The van der Waals surface area contributed by atoms with Crippen LogP contribution in [0.3, 0.4) is 0 Å². The highest BCUT2D eigenvalue weighted by molar-refractivity contribution is 5.98. The monoisotopic (exact) mass is 272 g/mol. The summed E-state index contributed by atoms with van der Waals surface area (Å²) in [6.45, 7) is 0. The summed E-state index contributed by atoms with van der Waals surface area (Å²) in [5, 5.41) is 18.3. The molecule has 0 spiro atoms. The third-order valence-electron chi connectivity index (χ3n) is 3.04. The number of pyridine rings is 1. The Labute approximate surface area is 114 Å². The normalized spacial score (nSPS) is 10.9. The van der Waals surface area contributed by atoms with E-state index in [1.165, 1.54) is 17.8 Å². The van der Waals surface area contributed by atoms with E-state index in [1.54, 1.807) is 23.1 Å². The second-order valence-corrected chi connectivity index (χ2v) is 4.36. The molecule has 0 bridgehead atoms. The number of carbonyl (C=O) groups excluding carboxylic acids is 1. The first kappa shape index (κ1) is 12.2. The molecule has 20 heavy (non-hydrogen) atoms. The van der Waals surface area contributed by atoms with Crippen molar-refractivity contribution >= 4 is 11.5 Å². The Morgan fingerprint density at radius 1 is 1.25 bits per heavy atom. The maximum absolute atomic E-state index is 11.6. The van der Waals surface area contributed by atoms with Crippen molar-refractivity contribution in [2.75, 3.05) is 7.11 Å². The van der Waals surface area contributed by atoms with E-state index in [9.17, 15) is 9.90 Å². The van der Waals surface area contributed by atoms with E-state index in [2.05, 4.69) is 14.9 Å². The molecule has 1 N–H and O–H groups in total. The number of esters is 1. The number of hydrogen-bond acceptors (Lipinski definition) is 5. The largest absolute Gasteiger partial charge is 0.506 e. The number of hydrogen-bond donors (Lipinski definition) is 1. The van der Waals surface area contributed by atoms with Crippen LogP contribution in [0.1, 0.15) is 10.4 Å². The van der Waals surface area contributed by atoms with E-state index < -0.39 is 5.97 Å². The standard InChI is InChI=1S/C13H12N4O3/c1-16-6-9(4-14-16)8-3-11(18)12-10(13(19)20-2)5-15-17(12)7-8/h3-7,18H,1-2H3. The van der Waals surface area contributed by atoms with Crippen molar-refractivity contribution in [1.29, 1.82) is 0 Å². The molecule has 3 heterocycles. The van der Waals surface area contributed by atoms with E-state index in [0.717, 1.165) is 11.1 Å². The number of methoxy groups -OCH3 is 1. The maximum Gasteiger partial charge on any atom is 0.341 e. The van der Waals surface area contributed by atoms with Gasteiger partial charge in [0.1, 0.15) is 16.8 Å². The number of rotatable bonds is 2. The molecule has 3 rings (SSSR count). The van der Waals surface area contributed by atoms with Crippen LogP contribution in [0.25, 0.3) is 16.6 Å². The summed E-state index contributed by atoms with van der Waals surface area (Å²) < 4.78 is 7.77. The second kappa shape index (κ2) is 4.37. The van der Waals surface area contributed by atoms with E-state index in [-0.39, 0.29) is 11.3 Å². The Balaban J connectivity index is 2.19. The third-order valence-corrected chi connectivity index (χ3v) is 3.04. The van der Waals surface area contributed by atoms with Gasteiger partial charge in [0.2, 0.25) is 0 Å². The number of fused-ring (bicyclic) bond motifs is 1. The number of aryl methyl sites for hydroxylation is 1. The van der Waals surface area contributed by atoms with Gasteiger partial charge in [0.25, 0.3) is 0 Å².